The topological polar surface area (TPSA) is 170 Å². The number of carbonyl (C=O) groups is 4. The normalized spacial score (nSPS) is 20.3. The van der Waals surface area contributed by atoms with Crippen LogP contribution in [0.2, 0.25) is 0 Å². The standard InChI is InChI=1S/C12H19N3O7/c13-6(5-16)10(19)14-7(4-9(17)18)11(20)15-3-1-2-8(15)12(21)22/h6-8,16H,1-5,13H2,(H,14,19)(H,17,18)(H,21,22)/t6-,7-,8+/m0/s1. The van der Waals surface area contributed by atoms with Crippen LogP contribution in [0.15, 0.2) is 0 Å². The molecule has 1 heterocycles. The van der Waals surface area contributed by atoms with Crippen molar-refractivity contribution in [1.82, 2.24) is 10.2 Å². The van der Waals surface area contributed by atoms with Crippen LogP contribution in [0.25, 0.3) is 0 Å². The minimum absolute atomic E-state index is 0.174. The monoisotopic (exact) mass is 317 g/mol. The van der Waals surface area contributed by atoms with Gasteiger partial charge in [-0.25, -0.2) is 4.79 Å². The molecule has 0 aromatic heterocycles. The number of carboxylic acids is 2. The molecule has 0 saturated carbocycles. The van der Waals surface area contributed by atoms with Crippen LogP contribution in [0, 0.1) is 0 Å². The first-order chi connectivity index (χ1) is 10.3. The molecule has 0 radical (unpaired) electrons. The lowest BCUT2D eigenvalue weighted by atomic mass is 10.1. The molecule has 1 aliphatic rings. The highest BCUT2D eigenvalue weighted by Crippen LogP contribution is 2.19. The maximum Gasteiger partial charge on any atom is 0.326 e. The number of hydrogen-bond acceptors (Lipinski definition) is 6. The third kappa shape index (κ3) is 4.40. The van der Waals surface area contributed by atoms with E-state index in [0.717, 1.165) is 4.90 Å². The van der Waals surface area contributed by atoms with Crippen LogP contribution in [0.5, 0.6) is 0 Å². The van der Waals surface area contributed by atoms with Gasteiger partial charge in [-0.1, -0.05) is 0 Å². The average Bonchev–Trinajstić information content (AvgIpc) is 2.93. The van der Waals surface area contributed by atoms with Crippen LogP contribution in [0.4, 0.5) is 0 Å². The van der Waals surface area contributed by atoms with Gasteiger partial charge in [0, 0.05) is 6.54 Å². The van der Waals surface area contributed by atoms with Gasteiger partial charge in [-0.2, -0.15) is 0 Å². The zero-order valence-corrected chi connectivity index (χ0v) is 11.8. The van der Waals surface area contributed by atoms with Gasteiger partial charge >= 0.3 is 11.9 Å². The van der Waals surface area contributed by atoms with E-state index in [1.165, 1.54) is 0 Å². The Bertz CT molecular complexity index is 468. The van der Waals surface area contributed by atoms with Crippen molar-refractivity contribution in [2.75, 3.05) is 13.2 Å². The molecular weight excluding hydrogens is 298 g/mol. The second-order valence-electron chi connectivity index (χ2n) is 4.98. The second kappa shape index (κ2) is 7.71. The van der Waals surface area contributed by atoms with E-state index in [-0.39, 0.29) is 13.0 Å². The van der Waals surface area contributed by atoms with Gasteiger partial charge in [-0.15, -0.1) is 0 Å². The molecule has 0 aromatic carbocycles. The number of nitrogens with two attached hydrogens (primary N) is 1. The highest BCUT2D eigenvalue weighted by molar-refractivity contribution is 5.94. The fourth-order valence-corrected chi connectivity index (χ4v) is 2.22. The van der Waals surface area contributed by atoms with E-state index >= 15 is 0 Å². The molecule has 2 amide bonds. The summed E-state index contributed by atoms with van der Waals surface area (Å²) in [5.74, 6) is -4.18. The second-order valence-corrected chi connectivity index (χ2v) is 4.98. The van der Waals surface area contributed by atoms with Crippen molar-refractivity contribution in [2.45, 2.75) is 37.4 Å². The molecule has 1 rings (SSSR count). The van der Waals surface area contributed by atoms with Gasteiger partial charge in [-0.3, -0.25) is 14.4 Å². The van der Waals surface area contributed by atoms with Gasteiger partial charge in [0.15, 0.2) is 0 Å². The number of hydrogen-bond donors (Lipinski definition) is 5. The van der Waals surface area contributed by atoms with Gasteiger partial charge in [0.2, 0.25) is 11.8 Å². The summed E-state index contributed by atoms with van der Waals surface area (Å²) in [5, 5.41) is 28.8. The fraction of sp³-hybridized carbons (Fsp3) is 0.667. The number of likely N-dealkylation sites (tertiary alicyclic amines) is 1. The number of rotatable bonds is 7. The molecule has 1 fully saturated rings. The molecule has 3 atom stereocenters. The molecule has 0 bridgehead atoms. The van der Waals surface area contributed by atoms with Gasteiger partial charge in [0.1, 0.15) is 18.1 Å². The van der Waals surface area contributed by atoms with Crippen molar-refractivity contribution < 1.29 is 34.5 Å². The SMILES string of the molecule is N[C@@H](CO)C(=O)N[C@@H](CC(=O)O)C(=O)N1CCC[C@@H]1C(=O)O. The van der Waals surface area contributed by atoms with Crippen molar-refractivity contribution >= 4 is 23.8 Å². The molecule has 1 saturated heterocycles. The predicted octanol–water partition coefficient (Wildman–Crippen LogP) is -2.66. The number of carbonyl (C=O) groups excluding carboxylic acids is 2. The largest absolute Gasteiger partial charge is 0.481 e. The third-order valence-corrected chi connectivity index (χ3v) is 3.35. The molecule has 10 heteroatoms. The summed E-state index contributed by atoms with van der Waals surface area (Å²) in [6.45, 7) is -0.491. The molecule has 0 unspecified atom stereocenters. The van der Waals surface area contributed by atoms with Crippen LogP contribution in [-0.2, 0) is 19.2 Å². The lowest BCUT2D eigenvalue weighted by molar-refractivity contribution is -0.150. The summed E-state index contributed by atoms with van der Waals surface area (Å²) in [6.07, 6.45) is 0.0448. The number of amides is 2. The van der Waals surface area contributed by atoms with Crippen molar-refractivity contribution in [3.63, 3.8) is 0 Å². The number of aliphatic hydroxyl groups is 1. The summed E-state index contributed by atoms with van der Waals surface area (Å²) >= 11 is 0. The lowest BCUT2D eigenvalue weighted by Gasteiger charge is -2.27. The highest BCUT2D eigenvalue weighted by Gasteiger charge is 2.38. The summed E-state index contributed by atoms with van der Waals surface area (Å²) in [5.41, 5.74) is 5.30. The zero-order valence-electron chi connectivity index (χ0n) is 11.8. The van der Waals surface area contributed by atoms with Crippen molar-refractivity contribution in [1.29, 1.82) is 0 Å². The maximum absolute atomic E-state index is 12.3. The Morgan fingerprint density at radius 2 is 1.91 bits per heavy atom. The quantitative estimate of drug-likeness (QED) is 0.338. The van der Waals surface area contributed by atoms with E-state index in [2.05, 4.69) is 5.32 Å². The fourth-order valence-electron chi connectivity index (χ4n) is 2.22. The molecule has 10 nitrogen and oxygen atoms in total. The number of carboxylic acid groups (broad SMARTS) is 2. The van der Waals surface area contributed by atoms with E-state index in [0.29, 0.717) is 6.42 Å². The molecule has 0 aromatic rings. The van der Waals surface area contributed by atoms with Crippen LogP contribution in [-0.4, -0.2) is 75.2 Å². The van der Waals surface area contributed by atoms with E-state index < -0.39 is 54.9 Å². The van der Waals surface area contributed by atoms with E-state index in [1.807, 2.05) is 0 Å². The van der Waals surface area contributed by atoms with Crippen LogP contribution < -0.4 is 11.1 Å². The van der Waals surface area contributed by atoms with Crippen LogP contribution in [0.1, 0.15) is 19.3 Å². The smallest absolute Gasteiger partial charge is 0.326 e. The number of aliphatic hydroxyl groups excluding tert-OH is 1. The van der Waals surface area contributed by atoms with E-state index in [1.54, 1.807) is 0 Å². The van der Waals surface area contributed by atoms with Gasteiger partial charge in [0.05, 0.1) is 13.0 Å². The Balaban J connectivity index is 2.86. The summed E-state index contributed by atoms with van der Waals surface area (Å²) in [6, 6.07) is -3.76. The van der Waals surface area contributed by atoms with Gasteiger partial charge in [-0.05, 0) is 12.8 Å². The first-order valence-electron chi connectivity index (χ1n) is 6.69. The number of nitrogens with one attached hydrogen (secondary N) is 1. The Morgan fingerprint density at radius 1 is 1.27 bits per heavy atom. The molecule has 1 aliphatic heterocycles. The van der Waals surface area contributed by atoms with Crippen molar-refractivity contribution in [3.05, 3.63) is 0 Å². The van der Waals surface area contributed by atoms with Gasteiger partial charge < -0.3 is 31.3 Å². The zero-order chi connectivity index (χ0) is 16.9. The predicted molar refractivity (Wildman–Crippen MR) is 71.6 cm³/mol. The molecule has 6 N–H and O–H groups in total. The summed E-state index contributed by atoms with van der Waals surface area (Å²) in [7, 11) is 0. The average molecular weight is 317 g/mol. The molecule has 0 spiro atoms. The van der Waals surface area contributed by atoms with E-state index in [4.69, 9.17) is 21.1 Å². The highest BCUT2D eigenvalue weighted by atomic mass is 16.4. The molecule has 22 heavy (non-hydrogen) atoms. The third-order valence-electron chi connectivity index (χ3n) is 3.35. The molecule has 0 aliphatic carbocycles. The number of nitrogens with zero attached hydrogens (tertiary/aromatic N) is 1. The first kappa shape index (κ1) is 17.9. The first-order valence-corrected chi connectivity index (χ1v) is 6.69. The Morgan fingerprint density at radius 3 is 2.41 bits per heavy atom. The van der Waals surface area contributed by atoms with Gasteiger partial charge in [0.25, 0.3) is 0 Å². The number of aliphatic carboxylic acids is 2. The minimum Gasteiger partial charge on any atom is -0.481 e. The minimum atomic E-state index is -1.43. The Kier molecular flexibility index (Phi) is 6.25. The molecule has 124 valence electrons. The summed E-state index contributed by atoms with van der Waals surface area (Å²) in [4.78, 5) is 46.9. The summed E-state index contributed by atoms with van der Waals surface area (Å²) < 4.78 is 0. The van der Waals surface area contributed by atoms with Crippen molar-refractivity contribution in [2.24, 2.45) is 5.73 Å². The lowest BCUT2D eigenvalue weighted by Crippen LogP contribution is -2.55. The van der Waals surface area contributed by atoms with Crippen LogP contribution in [0.3, 0.4) is 0 Å². The van der Waals surface area contributed by atoms with E-state index in [9.17, 15) is 19.2 Å². The maximum atomic E-state index is 12.3. The van der Waals surface area contributed by atoms with Crippen molar-refractivity contribution in [3.8, 4) is 0 Å². The Hall–Kier alpha value is -2.20. The van der Waals surface area contributed by atoms with Crippen LogP contribution >= 0.6 is 0 Å². The Labute approximate surface area is 125 Å². The molecular formula is C12H19N3O7.